The maximum Gasteiger partial charge on any atom is 0.430 e. The van der Waals surface area contributed by atoms with Crippen molar-refractivity contribution in [2.75, 3.05) is 0 Å². The zero-order chi connectivity index (χ0) is 25.6. The second-order valence-corrected chi connectivity index (χ2v) is 9.79. The molecule has 0 aromatic carbocycles. The Morgan fingerprint density at radius 1 is 1.26 bits per heavy atom. The molecule has 5 rings (SSSR count). The Hall–Kier alpha value is -2.83. The summed E-state index contributed by atoms with van der Waals surface area (Å²) in [5.74, 6) is -5.26. The van der Waals surface area contributed by atoms with Gasteiger partial charge in [-0.05, 0) is 50.2 Å². The highest BCUT2D eigenvalue weighted by Gasteiger charge is 2.52. The molecular weight excluding hydrogens is 477 g/mol. The average Bonchev–Trinajstić information content (AvgIpc) is 3.25. The van der Waals surface area contributed by atoms with Gasteiger partial charge < -0.3 is 21.0 Å². The summed E-state index contributed by atoms with van der Waals surface area (Å²) in [7, 11) is 0. The zero-order valence-corrected chi connectivity index (χ0v) is 18.8. The van der Waals surface area contributed by atoms with E-state index in [4.69, 9.17) is 9.90 Å². The molecule has 1 saturated heterocycles. The molecule has 35 heavy (non-hydrogen) atoms. The minimum atomic E-state index is -5.19. The third-order valence-electron chi connectivity index (χ3n) is 7.07. The number of alkyl halides is 5. The Balaban J connectivity index is 0.000000364. The van der Waals surface area contributed by atoms with Crippen molar-refractivity contribution in [3.05, 3.63) is 29.7 Å². The molecule has 1 amide bonds. The lowest BCUT2D eigenvalue weighted by Gasteiger charge is -2.29. The van der Waals surface area contributed by atoms with Gasteiger partial charge in [-0.2, -0.15) is 18.3 Å². The lowest BCUT2D eigenvalue weighted by atomic mass is 9.81. The summed E-state index contributed by atoms with van der Waals surface area (Å²) >= 11 is 0. The molecule has 1 unspecified atom stereocenters. The quantitative estimate of drug-likeness (QED) is 0.609. The molecule has 3 heterocycles. The molecule has 3 aliphatic rings. The molecule has 2 aromatic heterocycles. The predicted molar refractivity (Wildman–Crippen MR) is 109 cm³/mol. The number of carbonyl (C=O) groups excluding carboxylic acids is 2. The Bertz CT molecular complexity index is 1100. The van der Waals surface area contributed by atoms with Crippen LogP contribution in [0, 0.1) is 11.8 Å². The number of carboxylic acids is 1. The minimum absolute atomic E-state index is 0.00526. The van der Waals surface area contributed by atoms with Crippen LogP contribution in [0.1, 0.15) is 62.2 Å². The van der Waals surface area contributed by atoms with Crippen molar-refractivity contribution >= 4 is 17.5 Å². The van der Waals surface area contributed by atoms with Crippen LogP contribution in [0.25, 0.3) is 5.65 Å². The van der Waals surface area contributed by atoms with Crippen molar-refractivity contribution < 1.29 is 42.4 Å². The maximum absolute atomic E-state index is 13.4. The number of hydrogen-bond acceptors (Lipinski definition) is 5. The van der Waals surface area contributed by atoms with Crippen LogP contribution in [0.15, 0.2) is 18.5 Å². The van der Waals surface area contributed by atoms with E-state index < -0.39 is 18.1 Å². The first-order valence-corrected chi connectivity index (χ1v) is 11.4. The van der Waals surface area contributed by atoms with Gasteiger partial charge in [0.25, 0.3) is 0 Å². The van der Waals surface area contributed by atoms with Crippen molar-refractivity contribution in [1.82, 2.24) is 19.9 Å². The van der Waals surface area contributed by atoms with E-state index in [-0.39, 0.29) is 42.2 Å². The van der Waals surface area contributed by atoms with Crippen molar-refractivity contribution in [2.45, 2.75) is 75.0 Å². The lowest BCUT2D eigenvalue weighted by molar-refractivity contribution is -0.443. The first kappa shape index (κ1) is 25.3. The number of carbonyl (C=O) groups is 2. The van der Waals surface area contributed by atoms with Gasteiger partial charge in [0.1, 0.15) is 17.7 Å². The number of nitrogens with zero attached hydrogens (tertiary/aromatic N) is 3. The first-order valence-electron chi connectivity index (χ1n) is 11.4. The fraction of sp³-hybridized carbons (Fsp3) is 0.636. The predicted octanol–water partition coefficient (Wildman–Crippen LogP) is 1.35. The first-order chi connectivity index (χ1) is 16.3. The topological polar surface area (TPSA) is 127 Å². The second kappa shape index (κ2) is 8.99. The van der Waals surface area contributed by atoms with E-state index in [9.17, 15) is 26.7 Å². The molecule has 2 aromatic rings. The van der Waals surface area contributed by atoms with E-state index in [1.807, 2.05) is 12.3 Å². The number of amides is 1. The molecule has 0 radical (unpaired) electrons. The molecule has 192 valence electrons. The number of halogens is 5. The van der Waals surface area contributed by atoms with Gasteiger partial charge in [-0.25, -0.2) is 18.3 Å². The van der Waals surface area contributed by atoms with Gasteiger partial charge in [-0.1, -0.05) is 0 Å². The molecule has 0 bridgehead atoms. The van der Waals surface area contributed by atoms with E-state index >= 15 is 0 Å². The summed E-state index contributed by atoms with van der Waals surface area (Å²) in [4.78, 5) is 25.7. The molecule has 2 saturated carbocycles. The highest BCUT2D eigenvalue weighted by molar-refractivity contribution is 5.83. The third kappa shape index (κ3) is 5.88. The fourth-order valence-electron chi connectivity index (χ4n) is 4.84. The number of rotatable bonds is 4. The van der Waals surface area contributed by atoms with Gasteiger partial charge >= 0.3 is 6.18 Å². The highest BCUT2D eigenvalue weighted by Crippen LogP contribution is 2.46. The molecule has 13 heteroatoms. The maximum atomic E-state index is 13.4. The molecule has 8 nitrogen and oxygen atoms in total. The van der Waals surface area contributed by atoms with Crippen molar-refractivity contribution in [3.63, 3.8) is 0 Å². The van der Waals surface area contributed by atoms with E-state index in [0.29, 0.717) is 19.3 Å². The van der Waals surface area contributed by atoms with E-state index in [2.05, 4.69) is 21.1 Å². The van der Waals surface area contributed by atoms with E-state index in [1.165, 1.54) is 0 Å². The number of quaternary nitrogens is 1. The number of imidazole rings is 1. The number of nitrogens with one attached hydrogen (secondary N) is 1. The zero-order valence-electron chi connectivity index (χ0n) is 18.8. The van der Waals surface area contributed by atoms with Crippen LogP contribution in [-0.2, 0) is 16.0 Å². The number of aliphatic carboxylic acids is 1. The van der Waals surface area contributed by atoms with Gasteiger partial charge in [0, 0.05) is 30.2 Å². The van der Waals surface area contributed by atoms with Crippen molar-refractivity contribution in [1.29, 1.82) is 0 Å². The Kier molecular flexibility index (Phi) is 6.49. The molecule has 4 N–H and O–H groups in total. The van der Waals surface area contributed by atoms with Crippen LogP contribution in [0.2, 0.25) is 0 Å². The molecule has 3 fully saturated rings. The van der Waals surface area contributed by atoms with Crippen LogP contribution in [0.4, 0.5) is 22.0 Å². The molecule has 1 aliphatic heterocycles. The monoisotopic (exact) mass is 503 g/mol. The number of carboxylic acid groups (broad SMARTS) is 1. The average molecular weight is 503 g/mol. The Morgan fingerprint density at radius 2 is 1.89 bits per heavy atom. The lowest BCUT2D eigenvalue weighted by Crippen LogP contribution is -2.57. The summed E-state index contributed by atoms with van der Waals surface area (Å²) in [6.45, 7) is 0. The smallest absolute Gasteiger partial charge is 0.430 e. The Morgan fingerprint density at radius 3 is 2.43 bits per heavy atom. The Labute approximate surface area is 197 Å². The fourth-order valence-corrected chi connectivity index (χ4v) is 4.84. The van der Waals surface area contributed by atoms with E-state index in [0.717, 1.165) is 36.2 Å². The van der Waals surface area contributed by atoms with Crippen LogP contribution in [-0.4, -0.2) is 44.1 Å². The van der Waals surface area contributed by atoms with Crippen LogP contribution < -0.4 is 16.2 Å². The van der Waals surface area contributed by atoms with Crippen LogP contribution in [0.3, 0.4) is 0 Å². The molecule has 2 atom stereocenters. The second-order valence-electron chi connectivity index (χ2n) is 9.79. The van der Waals surface area contributed by atoms with E-state index in [1.54, 1.807) is 10.7 Å². The number of hydrogen-bond donors (Lipinski definition) is 2. The summed E-state index contributed by atoms with van der Waals surface area (Å²) in [5.41, 5.74) is 6.82. The minimum Gasteiger partial charge on any atom is -0.542 e. The standard InChI is InChI=1S/C20H25F2N5O.C2HF3O2/c21-20(22)3-1-13(2-4-20)17(23)15-11-27-16(25-15)8-12(10-24-27)7-14-9-19(5-6-19)26-18(14)28;3-2(4,5)1(6)7/h8,10-11,13-14,17H,1-7,9,23H2,(H,26,28);(H,6,7)/t14?,17-;/m0./s1. The van der Waals surface area contributed by atoms with Gasteiger partial charge in [-0.3, -0.25) is 4.79 Å². The largest absolute Gasteiger partial charge is 0.542 e. The highest BCUT2D eigenvalue weighted by atomic mass is 19.4. The third-order valence-corrected chi connectivity index (χ3v) is 7.07. The van der Waals surface area contributed by atoms with Gasteiger partial charge in [-0.15, -0.1) is 0 Å². The summed E-state index contributed by atoms with van der Waals surface area (Å²) in [5, 5.41) is 16.4. The van der Waals surface area contributed by atoms with Crippen LogP contribution in [0.5, 0.6) is 0 Å². The van der Waals surface area contributed by atoms with Crippen molar-refractivity contribution in [3.8, 4) is 0 Å². The molecular formula is C22H26F5N5O3. The van der Waals surface area contributed by atoms with Crippen molar-refractivity contribution in [2.24, 2.45) is 11.8 Å². The molecule has 1 spiro atoms. The number of aromatic nitrogens is 3. The summed E-state index contributed by atoms with van der Waals surface area (Å²) in [6, 6.07) is 1.86. The normalized spacial score (nSPS) is 24.1. The van der Waals surface area contributed by atoms with Gasteiger partial charge in [0.05, 0.1) is 12.4 Å². The van der Waals surface area contributed by atoms with Gasteiger partial charge in [0.2, 0.25) is 11.8 Å². The summed E-state index contributed by atoms with van der Waals surface area (Å²) in [6.07, 6.45) is 3.04. The van der Waals surface area contributed by atoms with Crippen LogP contribution >= 0.6 is 0 Å². The van der Waals surface area contributed by atoms with Gasteiger partial charge in [0.15, 0.2) is 5.65 Å². The summed E-state index contributed by atoms with van der Waals surface area (Å²) < 4.78 is 60.1. The SMILES string of the molecule is O=C([O-])C(F)(F)F.[NH3+][C@H](c1cn2ncc(CC3CC4(CC4)NC3=O)cc2n1)C1CCC(F)(F)CC1. The molecule has 2 aliphatic carbocycles. The number of fused-ring (bicyclic) bond motifs is 1.